The number of hydrogen-bond acceptors (Lipinski definition) is 7. The van der Waals surface area contributed by atoms with E-state index in [9.17, 15) is 0 Å². The second kappa shape index (κ2) is 10.8. The first-order valence-corrected chi connectivity index (χ1v) is 12.9. The monoisotopic (exact) mass is 500 g/mol. The molecule has 1 aliphatic rings. The summed E-state index contributed by atoms with van der Waals surface area (Å²) in [6.45, 7) is 8.78. The van der Waals surface area contributed by atoms with Crippen molar-refractivity contribution in [2.45, 2.75) is 20.3 Å². The van der Waals surface area contributed by atoms with E-state index in [2.05, 4.69) is 58.0 Å². The first-order valence-electron chi connectivity index (χ1n) is 12.9. The topological polar surface area (TPSA) is 68.5 Å². The second-order valence-corrected chi connectivity index (χ2v) is 10.3. The molecule has 37 heavy (non-hydrogen) atoms. The maximum Gasteiger partial charge on any atom is 0.124 e. The third-order valence-corrected chi connectivity index (χ3v) is 7.07. The summed E-state index contributed by atoms with van der Waals surface area (Å²) in [7, 11) is 5.27. The third kappa shape index (κ3) is 5.69. The lowest BCUT2D eigenvalue weighted by atomic mass is 9.92. The Labute approximate surface area is 218 Å². The van der Waals surface area contributed by atoms with Crippen LogP contribution in [-0.4, -0.2) is 65.0 Å². The van der Waals surface area contributed by atoms with Crippen LogP contribution in [0.4, 0.5) is 11.4 Å². The molecule has 0 amide bonds. The Kier molecular flexibility index (Phi) is 7.28. The molecule has 3 heterocycles. The van der Waals surface area contributed by atoms with Gasteiger partial charge in [0, 0.05) is 74.6 Å². The maximum absolute atomic E-state index is 5.60. The molecule has 2 aromatic heterocycles. The lowest BCUT2D eigenvalue weighted by molar-refractivity contribution is 0.145. The average Bonchev–Trinajstić information content (AvgIpc) is 3.33. The summed E-state index contributed by atoms with van der Waals surface area (Å²) in [6, 6.07) is 12.3. The van der Waals surface area contributed by atoms with Crippen LogP contribution in [0.25, 0.3) is 22.3 Å². The molecule has 4 aromatic rings. The highest BCUT2D eigenvalue weighted by atomic mass is 16.5. The minimum atomic E-state index is 0.718. The SMILES string of the molecule is COc1cc(OC)cc(N(CCN2C[C@H](C)C[C@H](C)C2)c2ccc3ncc(-c4cnn(C)c4)nc3c2)c1. The summed E-state index contributed by atoms with van der Waals surface area (Å²) in [5.74, 6) is 2.96. The second-order valence-electron chi connectivity index (χ2n) is 10.3. The van der Waals surface area contributed by atoms with Crippen molar-refractivity contribution in [2.24, 2.45) is 18.9 Å². The number of aryl methyl sites for hydroxylation is 1. The molecule has 0 aliphatic carbocycles. The van der Waals surface area contributed by atoms with E-state index in [1.165, 1.54) is 6.42 Å². The Morgan fingerprint density at radius 1 is 0.919 bits per heavy atom. The van der Waals surface area contributed by atoms with Gasteiger partial charge in [0.15, 0.2) is 0 Å². The van der Waals surface area contributed by atoms with Crippen molar-refractivity contribution in [2.75, 3.05) is 45.3 Å². The van der Waals surface area contributed by atoms with Gasteiger partial charge in [-0.2, -0.15) is 5.10 Å². The first-order chi connectivity index (χ1) is 17.9. The van der Waals surface area contributed by atoms with Crippen LogP contribution in [0.5, 0.6) is 11.5 Å². The molecule has 2 atom stereocenters. The van der Waals surface area contributed by atoms with Crippen LogP contribution in [0.1, 0.15) is 20.3 Å². The van der Waals surface area contributed by atoms with Gasteiger partial charge in [0.1, 0.15) is 11.5 Å². The number of piperidine rings is 1. The van der Waals surface area contributed by atoms with Gasteiger partial charge in [0.05, 0.1) is 43.3 Å². The van der Waals surface area contributed by atoms with E-state index in [4.69, 9.17) is 14.5 Å². The summed E-state index contributed by atoms with van der Waals surface area (Å²) in [6.07, 6.45) is 6.88. The van der Waals surface area contributed by atoms with E-state index in [-0.39, 0.29) is 0 Å². The number of rotatable bonds is 8. The van der Waals surface area contributed by atoms with Crippen LogP contribution in [0, 0.1) is 11.8 Å². The predicted octanol–water partition coefficient (Wildman–Crippen LogP) is 5.16. The third-order valence-electron chi connectivity index (χ3n) is 7.07. The van der Waals surface area contributed by atoms with E-state index >= 15 is 0 Å². The largest absolute Gasteiger partial charge is 0.497 e. The fourth-order valence-electron chi connectivity index (χ4n) is 5.43. The van der Waals surface area contributed by atoms with Crippen LogP contribution in [0.15, 0.2) is 55.0 Å². The molecule has 2 aromatic carbocycles. The van der Waals surface area contributed by atoms with Gasteiger partial charge in [-0.15, -0.1) is 0 Å². The number of likely N-dealkylation sites (tertiary alicyclic amines) is 1. The number of fused-ring (bicyclic) bond motifs is 1. The highest BCUT2D eigenvalue weighted by Gasteiger charge is 2.23. The fraction of sp³-hybridized carbons (Fsp3) is 0.414. The van der Waals surface area contributed by atoms with Crippen molar-refractivity contribution in [3.05, 3.63) is 55.0 Å². The Morgan fingerprint density at radius 2 is 1.65 bits per heavy atom. The number of hydrogen-bond donors (Lipinski definition) is 0. The summed E-state index contributed by atoms with van der Waals surface area (Å²) in [4.78, 5) is 14.5. The van der Waals surface area contributed by atoms with Crippen LogP contribution >= 0.6 is 0 Å². The Balaban J connectivity index is 1.52. The minimum Gasteiger partial charge on any atom is -0.497 e. The van der Waals surface area contributed by atoms with Gasteiger partial charge in [-0.05, 0) is 36.5 Å². The molecular weight excluding hydrogens is 464 g/mol. The molecular formula is C29H36N6O2. The van der Waals surface area contributed by atoms with Gasteiger partial charge in [-0.1, -0.05) is 13.8 Å². The van der Waals surface area contributed by atoms with E-state index in [0.29, 0.717) is 0 Å². The smallest absolute Gasteiger partial charge is 0.124 e. The first kappa shape index (κ1) is 25.0. The lowest BCUT2D eigenvalue weighted by Gasteiger charge is -2.36. The van der Waals surface area contributed by atoms with Gasteiger partial charge in [0.2, 0.25) is 0 Å². The summed E-state index contributed by atoms with van der Waals surface area (Å²) >= 11 is 0. The molecule has 0 bridgehead atoms. The van der Waals surface area contributed by atoms with Crippen LogP contribution < -0.4 is 14.4 Å². The number of nitrogens with zero attached hydrogens (tertiary/aromatic N) is 6. The molecule has 194 valence electrons. The number of benzene rings is 2. The molecule has 5 rings (SSSR count). The van der Waals surface area contributed by atoms with Gasteiger partial charge in [-0.25, -0.2) is 4.98 Å². The number of methoxy groups -OCH3 is 2. The Hall–Kier alpha value is -3.65. The maximum atomic E-state index is 5.60. The standard InChI is InChI=1S/C29H36N6O2/c1-20-10-21(2)18-34(17-20)8-9-35(24-11-25(36-4)14-26(12-24)37-5)23-6-7-27-28(13-23)32-29(16-30-27)22-15-31-33(3)19-22/h6-7,11-16,19-21H,8-10,17-18H2,1-5H3/t20-,21+. The number of ether oxygens (including phenoxy) is 2. The number of anilines is 2. The van der Waals surface area contributed by atoms with Crippen molar-refractivity contribution in [1.82, 2.24) is 24.6 Å². The Bertz CT molecular complexity index is 1340. The molecule has 0 radical (unpaired) electrons. The summed E-state index contributed by atoms with van der Waals surface area (Å²) in [5, 5.41) is 4.28. The van der Waals surface area contributed by atoms with Crippen molar-refractivity contribution in [1.29, 1.82) is 0 Å². The molecule has 0 unspecified atom stereocenters. The fourth-order valence-corrected chi connectivity index (χ4v) is 5.43. The Morgan fingerprint density at radius 3 is 2.30 bits per heavy atom. The van der Waals surface area contributed by atoms with Crippen LogP contribution in [-0.2, 0) is 7.05 Å². The predicted molar refractivity (Wildman–Crippen MR) is 148 cm³/mol. The van der Waals surface area contributed by atoms with Gasteiger partial charge in [-0.3, -0.25) is 9.67 Å². The normalized spacial score (nSPS) is 18.2. The minimum absolute atomic E-state index is 0.718. The van der Waals surface area contributed by atoms with E-state index in [1.54, 1.807) is 18.9 Å². The molecule has 1 aliphatic heterocycles. The summed E-state index contributed by atoms with van der Waals surface area (Å²) in [5.41, 5.74) is 5.54. The van der Waals surface area contributed by atoms with Crippen molar-refractivity contribution in [3.63, 3.8) is 0 Å². The molecule has 0 spiro atoms. The molecule has 1 saturated heterocycles. The average molecular weight is 501 g/mol. The highest BCUT2D eigenvalue weighted by molar-refractivity contribution is 5.82. The molecule has 0 N–H and O–H groups in total. The van der Waals surface area contributed by atoms with Crippen molar-refractivity contribution < 1.29 is 9.47 Å². The highest BCUT2D eigenvalue weighted by Crippen LogP contribution is 2.34. The summed E-state index contributed by atoms with van der Waals surface area (Å²) < 4.78 is 13.0. The van der Waals surface area contributed by atoms with Crippen LogP contribution in [0.2, 0.25) is 0 Å². The van der Waals surface area contributed by atoms with Gasteiger partial charge < -0.3 is 19.3 Å². The lowest BCUT2D eigenvalue weighted by Crippen LogP contribution is -2.42. The zero-order chi connectivity index (χ0) is 25.9. The van der Waals surface area contributed by atoms with E-state index in [0.717, 1.165) is 83.2 Å². The van der Waals surface area contributed by atoms with Gasteiger partial charge >= 0.3 is 0 Å². The van der Waals surface area contributed by atoms with Crippen LogP contribution in [0.3, 0.4) is 0 Å². The molecule has 8 heteroatoms. The zero-order valence-corrected chi connectivity index (χ0v) is 22.4. The van der Waals surface area contributed by atoms with Crippen molar-refractivity contribution >= 4 is 22.4 Å². The van der Waals surface area contributed by atoms with Crippen molar-refractivity contribution in [3.8, 4) is 22.8 Å². The quantitative estimate of drug-likeness (QED) is 0.331. The van der Waals surface area contributed by atoms with E-state index < -0.39 is 0 Å². The zero-order valence-electron chi connectivity index (χ0n) is 22.4. The van der Waals surface area contributed by atoms with E-state index in [1.807, 2.05) is 37.8 Å². The molecule has 0 saturated carbocycles. The number of aromatic nitrogens is 4. The van der Waals surface area contributed by atoms with Gasteiger partial charge in [0.25, 0.3) is 0 Å². The molecule has 8 nitrogen and oxygen atoms in total. The molecule has 1 fully saturated rings.